The smallest absolute Gasteiger partial charge is 0.307 e. The molecule has 1 N–H and O–H groups in total. The first-order valence-corrected chi connectivity index (χ1v) is 4.39. The summed E-state index contributed by atoms with van der Waals surface area (Å²) in [6, 6.07) is 0. The summed E-state index contributed by atoms with van der Waals surface area (Å²) in [5, 5.41) is 10.4. The van der Waals surface area contributed by atoms with Crippen LogP contribution in [0.25, 0.3) is 6.08 Å². The fourth-order valence-electron chi connectivity index (χ4n) is 0.712. The number of aliphatic carboxylic acids is 1. The summed E-state index contributed by atoms with van der Waals surface area (Å²) in [5.74, 6) is -0.887. The second-order valence-corrected chi connectivity index (χ2v) is 3.12. The maximum absolute atomic E-state index is 10.2. The fraction of sp³-hybridized carbons (Fsp3) is 0.125. The molecule has 0 radical (unpaired) electrons. The SMILES string of the molecule is O=Cc1nc(C=CCC(=O)O)cs1. The van der Waals surface area contributed by atoms with Gasteiger partial charge < -0.3 is 5.11 Å². The summed E-state index contributed by atoms with van der Waals surface area (Å²) in [6.07, 6.45) is 3.71. The molecular weight excluding hydrogens is 190 g/mol. The number of thiazole rings is 1. The van der Waals surface area contributed by atoms with Crippen LogP contribution in [0.2, 0.25) is 0 Å². The molecule has 4 nitrogen and oxygen atoms in total. The van der Waals surface area contributed by atoms with Gasteiger partial charge in [-0.05, 0) is 6.08 Å². The van der Waals surface area contributed by atoms with Gasteiger partial charge in [0.2, 0.25) is 0 Å². The van der Waals surface area contributed by atoms with Crippen molar-refractivity contribution in [3.8, 4) is 0 Å². The molecule has 1 aromatic rings. The highest BCUT2D eigenvalue weighted by Gasteiger charge is 1.96. The third-order valence-corrected chi connectivity index (χ3v) is 2.01. The minimum atomic E-state index is -0.887. The number of carbonyl (C=O) groups excluding carboxylic acids is 1. The lowest BCUT2D eigenvalue weighted by atomic mass is 10.3. The van der Waals surface area contributed by atoms with Crippen LogP contribution in [0.5, 0.6) is 0 Å². The van der Waals surface area contributed by atoms with E-state index in [0.29, 0.717) is 17.0 Å². The Balaban J connectivity index is 2.58. The van der Waals surface area contributed by atoms with E-state index in [-0.39, 0.29) is 6.42 Å². The number of carboxylic acids is 1. The third-order valence-electron chi connectivity index (χ3n) is 1.22. The largest absolute Gasteiger partial charge is 0.481 e. The monoisotopic (exact) mass is 197 g/mol. The molecule has 0 saturated heterocycles. The van der Waals surface area contributed by atoms with Crippen molar-refractivity contribution in [2.45, 2.75) is 6.42 Å². The zero-order valence-corrected chi connectivity index (χ0v) is 7.45. The van der Waals surface area contributed by atoms with Crippen LogP contribution < -0.4 is 0 Å². The highest BCUT2D eigenvalue weighted by molar-refractivity contribution is 7.11. The molecule has 13 heavy (non-hydrogen) atoms. The maximum atomic E-state index is 10.2. The third kappa shape index (κ3) is 3.16. The van der Waals surface area contributed by atoms with Gasteiger partial charge >= 0.3 is 5.97 Å². The second-order valence-electron chi connectivity index (χ2n) is 2.23. The van der Waals surface area contributed by atoms with Crippen LogP contribution in [0.3, 0.4) is 0 Å². The van der Waals surface area contributed by atoms with Gasteiger partial charge in [0.15, 0.2) is 11.3 Å². The van der Waals surface area contributed by atoms with Gasteiger partial charge in [-0.2, -0.15) is 0 Å². The summed E-state index contributed by atoms with van der Waals surface area (Å²) in [5.41, 5.74) is 0.619. The standard InChI is InChI=1S/C8H7NO3S/c10-4-7-9-6(5-13-7)2-1-3-8(11)12/h1-2,4-5H,3H2,(H,11,12). The molecule has 0 amide bonds. The van der Waals surface area contributed by atoms with Gasteiger partial charge in [0.05, 0.1) is 12.1 Å². The van der Waals surface area contributed by atoms with Crippen molar-refractivity contribution in [2.75, 3.05) is 0 Å². The predicted molar refractivity (Wildman–Crippen MR) is 48.8 cm³/mol. The second kappa shape index (κ2) is 4.51. The first-order chi connectivity index (χ1) is 6.22. The Kier molecular flexibility index (Phi) is 3.33. The van der Waals surface area contributed by atoms with Gasteiger partial charge in [-0.25, -0.2) is 4.98 Å². The van der Waals surface area contributed by atoms with Crippen molar-refractivity contribution in [3.05, 3.63) is 22.2 Å². The van der Waals surface area contributed by atoms with E-state index in [1.807, 2.05) is 0 Å². The van der Waals surface area contributed by atoms with E-state index in [9.17, 15) is 9.59 Å². The average molecular weight is 197 g/mol. The summed E-state index contributed by atoms with van der Waals surface area (Å²) in [6.45, 7) is 0. The van der Waals surface area contributed by atoms with Crippen LogP contribution in [0.1, 0.15) is 21.9 Å². The van der Waals surface area contributed by atoms with Gasteiger partial charge in [-0.15, -0.1) is 11.3 Å². The minimum absolute atomic E-state index is 0.0338. The highest BCUT2D eigenvalue weighted by Crippen LogP contribution is 2.08. The zero-order chi connectivity index (χ0) is 9.68. The van der Waals surface area contributed by atoms with Crippen LogP contribution in [0.4, 0.5) is 0 Å². The van der Waals surface area contributed by atoms with E-state index >= 15 is 0 Å². The molecule has 0 atom stereocenters. The van der Waals surface area contributed by atoms with Gasteiger partial charge in [0.25, 0.3) is 0 Å². The van der Waals surface area contributed by atoms with Crippen LogP contribution >= 0.6 is 11.3 Å². The molecule has 0 spiro atoms. The molecule has 0 saturated carbocycles. The first kappa shape index (κ1) is 9.60. The molecule has 0 aliphatic carbocycles. The maximum Gasteiger partial charge on any atom is 0.307 e. The van der Waals surface area contributed by atoms with Crippen LogP contribution in [0, 0.1) is 0 Å². The van der Waals surface area contributed by atoms with E-state index in [2.05, 4.69) is 4.98 Å². The quantitative estimate of drug-likeness (QED) is 0.741. The molecular formula is C8H7NO3S. The van der Waals surface area contributed by atoms with Crippen molar-refractivity contribution in [1.29, 1.82) is 0 Å². The van der Waals surface area contributed by atoms with Gasteiger partial charge in [-0.3, -0.25) is 9.59 Å². The fourth-order valence-corrected chi connectivity index (χ4v) is 1.30. The Bertz CT molecular complexity index is 343. The van der Waals surface area contributed by atoms with Crippen molar-refractivity contribution in [3.63, 3.8) is 0 Å². The van der Waals surface area contributed by atoms with E-state index < -0.39 is 5.97 Å². The van der Waals surface area contributed by atoms with Crippen LogP contribution in [0.15, 0.2) is 11.5 Å². The summed E-state index contributed by atoms with van der Waals surface area (Å²) >= 11 is 1.23. The molecule has 1 aromatic heterocycles. The Labute approximate surface area is 78.5 Å². The topological polar surface area (TPSA) is 67.3 Å². The lowest BCUT2D eigenvalue weighted by Crippen LogP contribution is -1.89. The Morgan fingerprint density at radius 3 is 3.00 bits per heavy atom. The van der Waals surface area contributed by atoms with Crippen LogP contribution in [-0.2, 0) is 4.79 Å². The van der Waals surface area contributed by atoms with Crippen molar-refractivity contribution < 1.29 is 14.7 Å². The van der Waals surface area contributed by atoms with E-state index in [0.717, 1.165) is 0 Å². The number of aldehydes is 1. The molecule has 0 unspecified atom stereocenters. The summed E-state index contributed by atoms with van der Waals surface area (Å²) in [7, 11) is 0. The number of nitrogens with zero attached hydrogens (tertiary/aromatic N) is 1. The van der Waals surface area contributed by atoms with Crippen molar-refractivity contribution >= 4 is 29.7 Å². The zero-order valence-electron chi connectivity index (χ0n) is 6.64. The lowest BCUT2D eigenvalue weighted by molar-refractivity contribution is -0.135. The van der Waals surface area contributed by atoms with E-state index in [1.54, 1.807) is 11.5 Å². The number of hydrogen-bond donors (Lipinski definition) is 1. The number of hydrogen-bond acceptors (Lipinski definition) is 4. The number of carbonyl (C=O) groups is 2. The average Bonchev–Trinajstić information content (AvgIpc) is 2.52. The molecule has 68 valence electrons. The van der Waals surface area contributed by atoms with Gasteiger partial charge in [0, 0.05) is 5.38 Å². The van der Waals surface area contributed by atoms with E-state index in [1.165, 1.54) is 17.4 Å². The Morgan fingerprint density at radius 1 is 1.69 bits per heavy atom. The Hall–Kier alpha value is -1.49. The van der Waals surface area contributed by atoms with E-state index in [4.69, 9.17) is 5.11 Å². The number of aromatic nitrogens is 1. The summed E-state index contributed by atoms with van der Waals surface area (Å²) in [4.78, 5) is 24.3. The molecule has 1 heterocycles. The van der Waals surface area contributed by atoms with Crippen LogP contribution in [-0.4, -0.2) is 22.3 Å². The number of carboxylic acid groups (broad SMARTS) is 1. The van der Waals surface area contributed by atoms with Crippen molar-refractivity contribution in [2.24, 2.45) is 0 Å². The minimum Gasteiger partial charge on any atom is -0.481 e. The Morgan fingerprint density at radius 2 is 2.46 bits per heavy atom. The summed E-state index contributed by atoms with van der Waals surface area (Å²) < 4.78 is 0. The molecule has 1 rings (SSSR count). The molecule has 0 fully saturated rings. The normalized spacial score (nSPS) is 10.5. The predicted octanol–water partition coefficient (Wildman–Crippen LogP) is 1.44. The molecule has 0 aliphatic rings. The highest BCUT2D eigenvalue weighted by atomic mass is 32.1. The lowest BCUT2D eigenvalue weighted by Gasteiger charge is -1.82. The first-order valence-electron chi connectivity index (χ1n) is 3.51. The van der Waals surface area contributed by atoms with Gasteiger partial charge in [-0.1, -0.05) is 6.08 Å². The molecule has 0 aliphatic heterocycles. The van der Waals surface area contributed by atoms with Gasteiger partial charge in [0.1, 0.15) is 0 Å². The molecule has 0 bridgehead atoms. The van der Waals surface area contributed by atoms with Crippen molar-refractivity contribution in [1.82, 2.24) is 4.98 Å². The molecule has 0 aromatic carbocycles. The molecule has 5 heteroatoms. The number of rotatable bonds is 4.